The fraction of sp³-hybridized carbons (Fsp3) is 0.400. The smallest absolute Gasteiger partial charge is 0.137 e. The molecular weight excluding hydrogens is 279 g/mol. The summed E-state index contributed by atoms with van der Waals surface area (Å²) < 4.78 is 13.7. The van der Waals surface area contributed by atoms with Crippen molar-refractivity contribution in [3.05, 3.63) is 34.1 Å². The predicted molar refractivity (Wildman–Crippen MR) is 67.3 cm³/mol. The third kappa shape index (κ3) is 3.75. The number of hydrazine groups is 1. The van der Waals surface area contributed by atoms with Crippen molar-refractivity contribution in [1.82, 2.24) is 5.43 Å². The lowest BCUT2D eigenvalue weighted by molar-refractivity contribution is 0.568. The van der Waals surface area contributed by atoms with Gasteiger partial charge < -0.3 is 0 Å². The van der Waals surface area contributed by atoms with Gasteiger partial charge in [0.15, 0.2) is 0 Å². The molecule has 0 saturated heterocycles. The van der Waals surface area contributed by atoms with Gasteiger partial charge in [0.1, 0.15) is 5.82 Å². The number of halogens is 2. The van der Waals surface area contributed by atoms with Crippen LogP contribution in [0.5, 0.6) is 0 Å². The summed E-state index contributed by atoms with van der Waals surface area (Å²) in [5.41, 5.74) is 3.67. The third-order valence-electron chi connectivity index (χ3n) is 2.10. The van der Waals surface area contributed by atoms with Crippen LogP contribution in [0.15, 0.2) is 22.7 Å². The summed E-state index contributed by atoms with van der Waals surface area (Å²) in [6.45, 7) is 0. The van der Waals surface area contributed by atoms with Gasteiger partial charge in [-0.15, -0.1) is 0 Å². The maximum Gasteiger partial charge on any atom is 0.137 e. The fourth-order valence-electron chi connectivity index (χ4n) is 1.34. The predicted octanol–water partition coefficient (Wildman–Crippen LogP) is 2.33. The van der Waals surface area contributed by atoms with Gasteiger partial charge in [0.05, 0.1) is 4.47 Å². The molecule has 0 heterocycles. The molecule has 0 aliphatic heterocycles. The number of benzene rings is 1. The van der Waals surface area contributed by atoms with Crippen molar-refractivity contribution in [3.8, 4) is 0 Å². The van der Waals surface area contributed by atoms with Gasteiger partial charge in [0.25, 0.3) is 0 Å². The van der Waals surface area contributed by atoms with Crippen LogP contribution < -0.4 is 11.3 Å². The number of hydrogen-bond donors (Lipinski definition) is 2. The number of nitrogens with one attached hydrogen (secondary N) is 1. The quantitative estimate of drug-likeness (QED) is 0.646. The molecule has 0 aliphatic carbocycles. The van der Waals surface area contributed by atoms with E-state index >= 15 is 0 Å². The minimum absolute atomic E-state index is 0.165. The zero-order valence-corrected chi connectivity index (χ0v) is 10.9. The van der Waals surface area contributed by atoms with E-state index in [4.69, 9.17) is 5.84 Å². The van der Waals surface area contributed by atoms with Gasteiger partial charge in [-0.1, -0.05) is 12.1 Å². The second-order valence-corrected chi connectivity index (χ2v) is 4.94. The first-order valence-corrected chi connectivity index (χ1v) is 6.75. The van der Waals surface area contributed by atoms with E-state index in [2.05, 4.69) is 21.4 Å². The first kappa shape index (κ1) is 13.0. The van der Waals surface area contributed by atoms with Gasteiger partial charge in [0, 0.05) is 11.8 Å². The van der Waals surface area contributed by atoms with Gasteiger partial charge >= 0.3 is 0 Å². The molecule has 1 rings (SSSR count). The average molecular weight is 293 g/mol. The van der Waals surface area contributed by atoms with Gasteiger partial charge in [-0.3, -0.25) is 11.3 Å². The molecular formula is C10H14BrFN2S. The van der Waals surface area contributed by atoms with Crippen LogP contribution in [0.4, 0.5) is 4.39 Å². The first-order valence-electron chi connectivity index (χ1n) is 4.57. The van der Waals surface area contributed by atoms with E-state index in [1.165, 1.54) is 6.07 Å². The Morgan fingerprint density at radius 2 is 2.33 bits per heavy atom. The van der Waals surface area contributed by atoms with Crippen molar-refractivity contribution in [3.63, 3.8) is 0 Å². The van der Waals surface area contributed by atoms with E-state index in [1.807, 2.05) is 12.3 Å². The zero-order chi connectivity index (χ0) is 11.3. The fourth-order valence-corrected chi connectivity index (χ4v) is 2.38. The zero-order valence-electron chi connectivity index (χ0n) is 8.47. The largest absolute Gasteiger partial charge is 0.271 e. The molecule has 0 aliphatic rings. The Labute approximate surface area is 102 Å². The standard InChI is InChI=1S/C10H14BrFN2S/c1-15-6-8(14-13)5-7-3-2-4-9(12)10(7)11/h2-4,8,14H,5-6,13H2,1H3. The molecule has 1 aromatic carbocycles. The molecule has 0 saturated carbocycles. The van der Waals surface area contributed by atoms with Gasteiger partial charge in [-0.25, -0.2) is 4.39 Å². The highest BCUT2D eigenvalue weighted by Crippen LogP contribution is 2.22. The normalized spacial score (nSPS) is 12.8. The summed E-state index contributed by atoms with van der Waals surface area (Å²) in [5, 5.41) is 0. The number of thioether (sulfide) groups is 1. The second-order valence-electron chi connectivity index (χ2n) is 3.24. The monoisotopic (exact) mass is 292 g/mol. The van der Waals surface area contributed by atoms with Crippen LogP contribution in [0.3, 0.4) is 0 Å². The highest BCUT2D eigenvalue weighted by molar-refractivity contribution is 9.10. The summed E-state index contributed by atoms with van der Waals surface area (Å²) in [6, 6.07) is 5.21. The topological polar surface area (TPSA) is 38.0 Å². The van der Waals surface area contributed by atoms with Crippen molar-refractivity contribution in [2.75, 3.05) is 12.0 Å². The third-order valence-corrected chi connectivity index (χ3v) is 3.73. The van der Waals surface area contributed by atoms with E-state index in [0.29, 0.717) is 4.47 Å². The van der Waals surface area contributed by atoms with Crippen LogP contribution in [0.25, 0.3) is 0 Å². The molecule has 0 amide bonds. The first-order chi connectivity index (χ1) is 7.19. The van der Waals surface area contributed by atoms with E-state index in [1.54, 1.807) is 17.8 Å². The van der Waals surface area contributed by atoms with Gasteiger partial charge in [0.2, 0.25) is 0 Å². The maximum atomic E-state index is 13.2. The minimum atomic E-state index is -0.229. The van der Waals surface area contributed by atoms with E-state index in [9.17, 15) is 4.39 Å². The lowest BCUT2D eigenvalue weighted by atomic mass is 10.1. The molecule has 1 aromatic rings. The number of rotatable bonds is 5. The molecule has 84 valence electrons. The molecule has 3 N–H and O–H groups in total. The Hall–Kier alpha value is -0.100. The summed E-state index contributed by atoms with van der Waals surface area (Å²) in [6.07, 6.45) is 2.74. The molecule has 15 heavy (non-hydrogen) atoms. The van der Waals surface area contributed by atoms with Crippen LogP contribution >= 0.6 is 27.7 Å². The molecule has 2 nitrogen and oxygen atoms in total. The highest BCUT2D eigenvalue weighted by atomic mass is 79.9. The van der Waals surface area contributed by atoms with Crippen molar-refractivity contribution in [2.24, 2.45) is 5.84 Å². The van der Waals surface area contributed by atoms with Crippen LogP contribution in [0, 0.1) is 5.82 Å². The Balaban J connectivity index is 2.74. The maximum absolute atomic E-state index is 13.2. The Morgan fingerprint density at radius 3 is 2.93 bits per heavy atom. The van der Waals surface area contributed by atoms with Crippen LogP contribution in [0.1, 0.15) is 5.56 Å². The highest BCUT2D eigenvalue weighted by Gasteiger charge is 2.11. The van der Waals surface area contributed by atoms with E-state index in [0.717, 1.165) is 17.7 Å². The Morgan fingerprint density at radius 1 is 1.60 bits per heavy atom. The molecule has 0 bridgehead atoms. The summed E-state index contributed by atoms with van der Waals surface area (Å²) in [7, 11) is 0. The Bertz CT molecular complexity index is 322. The van der Waals surface area contributed by atoms with Crippen molar-refractivity contribution >= 4 is 27.7 Å². The summed E-state index contributed by atoms with van der Waals surface area (Å²) in [4.78, 5) is 0. The Kier molecular flexibility index (Phi) is 5.60. The molecule has 0 fully saturated rings. The summed E-state index contributed by atoms with van der Waals surface area (Å²) >= 11 is 4.95. The van der Waals surface area contributed by atoms with Crippen LogP contribution in [0.2, 0.25) is 0 Å². The summed E-state index contributed by atoms with van der Waals surface area (Å²) in [5.74, 6) is 6.10. The van der Waals surface area contributed by atoms with Gasteiger partial charge in [-0.2, -0.15) is 11.8 Å². The lowest BCUT2D eigenvalue weighted by Gasteiger charge is -2.15. The van der Waals surface area contributed by atoms with E-state index in [-0.39, 0.29) is 11.9 Å². The average Bonchev–Trinajstić information content (AvgIpc) is 2.24. The number of nitrogens with two attached hydrogens (primary N) is 1. The lowest BCUT2D eigenvalue weighted by Crippen LogP contribution is -2.38. The molecule has 0 spiro atoms. The second kappa shape index (κ2) is 6.48. The van der Waals surface area contributed by atoms with Crippen LogP contribution in [-0.4, -0.2) is 18.1 Å². The molecule has 1 atom stereocenters. The van der Waals surface area contributed by atoms with Gasteiger partial charge in [-0.05, 0) is 40.2 Å². The van der Waals surface area contributed by atoms with Crippen molar-refractivity contribution < 1.29 is 4.39 Å². The molecule has 0 aromatic heterocycles. The SMILES string of the molecule is CSCC(Cc1cccc(F)c1Br)NN. The minimum Gasteiger partial charge on any atom is -0.271 e. The van der Waals surface area contributed by atoms with Crippen molar-refractivity contribution in [2.45, 2.75) is 12.5 Å². The molecule has 1 unspecified atom stereocenters. The molecule has 0 radical (unpaired) electrons. The van der Waals surface area contributed by atoms with Crippen molar-refractivity contribution in [1.29, 1.82) is 0 Å². The van der Waals surface area contributed by atoms with E-state index < -0.39 is 0 Å². The number of hydrogen-bond acceptors (Lipinski definition) is 3. The molecule has 5 heteroatoms. The van der Waals surface area contributed by atoms with Crippen LogP contribution in [-0.2, 0) is 6.42 Å².